The number of para-hydroxylation sites is 2. The Morgan fingerprint density at radius 2 is 1.89 bits per heavy atom. The fourth-order valence-electron chi connectivity index (χ4n) is 3.25. The maximum Gasteiger partial charge on any atom is 0.179 e. The molecule has 0 saturated heterocycles. The van der Waals surface area contributed by atoms with Gasteiger partial charge in [-0.2, -0.15) is 0 Å². The van der Waals surface area contributed by atoms with Crippen LogP contribution in [0.1, 0.15) is 6.92 Å². The zero-order valence-electron chi connectivity index (χ0n) is 15.6. The minimum absolute atomic E-state index is 0.00286. The highest BCUT2D eigenvalue weighted by Gasteiger charge is 2.26. The number of fused-ring (bicyclic) bond motifs is 1. The third-order valence-corrected chi connectivity index (χ3v) is 6.70. The minimum atomic E-state index is -3.33. The maximum atomic E-state index is 12.5. The van der Waals surface area contributed by atoms with E-state index in [0.717, 1.165) is 24.5 Å². The highest BCUT2D eigenvalue weighted by molar-refractivity contribution is 7.91. The van der Waals surface area contributed by atoms with E-state index in [9.17, 15) is 8.42 Å². The number of likely N-dealkylation sites (N-methyl/N-ethyl adjacent to an activating group) is 2. The second-order valence-corrected chi connectivity index (χ2v) is 9.33. The summed E-state index contributed by atoms with van der Waals surface area (Å²) < 4.78 is 31.1. The van der Waals surface area contributed by atoms with E-state index in [0.29, 0.717) is 23.0 Å². The third kappa shape index (κ3) is 4.94. The van der Waals surface area contributed by atoms with Crippen molar-refractivity contribution in [3.05, 3.63) is 53.6 Å². The van der Waals surface area contributed by atoms with Gasteiger partial charge in [0.15, 0.2) is 9.84 Å². The van der Waals surface area contributed by atoms with Crippen LogP contribution in [0.15, 0.2) is 53.4 Å². The van der Waals surface area contributed by atoms with Crippen LogP contribution in [0, 0.1) is 0 Å². The number of sulfone groups is 1. The number of nitrogens with zero attached hydrogens (tertiary/aromatic N) is 2. The third-order valence-electron chi connectivity index (χ3n) is 4.74. The fourth-order valence-corrected chi connectivity index (χ4v) is 4.71. The predicted molar refractivity (Wildman–Crippen MR) is 110 cm³/mol. The Labute approximate surface area is 166 Å². The summed E-state index contributed by atoms with van der Waals surface area (Å²) >= 11 is 5.84. The molecule has 5 nitrogen and oxygen atoms in total. The van der Waals surface area contributed by atoms with Crippen molar-refractivity contribution in [1.82, 2.24) is 4.90 Å². The number of benzene rings is 2. The number of halogens is 1. The van der Waals surface area contributed by atoms with Gasteiger partial charge >= 0.3 is 0 Å². The molecule has 27 heavy (non-hydrogen) atoms. The van der Waals surface area contributed by atoms with E-state index in [1.807, 2.05) is 30.1 Å². The summed E-state index contributed by atoms with van der Waals surface area (Å²) in [6.07, 6.45) is 0.00286. The Hall–Kier alpha value is -1.76. The molecule has 1 heterocycles. The standard InChI is InChI=1S/C20H25ClN2O3S/c1-3-23-15-17(26-20-7-5-4-6-19(20)23)14-22(2)12-13-27(24,25)18-10-8-16(21)9-11-18/h4-11,17H,3,12-15H2,1-2H3/t17-/m0/s1. The van der Waals surface area contributed by atoms with E-state index < -0.39 is 9.84 Å². The van der Waals surface area contributed by atoms with E-state index in [4.69, 9.17) is 16.3 Å². The molecule has 0 amide bonds. The van der Waals surface area contributed by atoms with Crippen molar-refractivity contribution in [2.24, 2.45) is 0 Å². The Kier molecular flexibility index (Phi) is 6.29. The zero-order chi connectivity index (χ0) is 19.4. The molecule has 2 aromatic rings. The van der Waals surface area contributed by atoms with Crippen LogP contribution in [0.4, 0.5) is 5.69 Å². The number of ether oxygens (including phenoxy) is 1. The highest BCUT2D eigenvalue weighted by Crippen LogP contribution is 2.32. The summed E-state index contributed by atoms with van der Waals surface area (Å²) in [5, 5.41) is 0.529. The minimum Gasteiger partial charge on any atom is -0.485 e. The Morgan fingerprint density at radius 3 is 2.59 bits per heavy atom. The molecule has 0 radical (unpaired) electrons. The zero-order valence-corrected chi connectivity index (χ0v) is 17.2. The van der Waals surface area contributed by atoms with Crippen LogP contribution in [-0.4, -0.2) is 58.4 Å². The number of hydrogen-bond donors (Lipinski definition) is 0. The van der Waals surface area contributed by atoms with Gasteiger partial charge in [0.25, 0.3) is 0 Å². The fraction of sp³-hybridized carbons (Fsp3) is 0.400. The first-order chi connectivity index (χ1) is 12.9. The lowest BCUT2D eigenvalue weighted by molar-refractivity contribution is 0.146. The smallest absolute Gasteiger partial charge is 0.179 e. The molecule has 0 N–H and O–H groups in total. The van der Waals surface area contributed by atoms with E-state index in [-0.39, 0.29) is 11.9 Å². The Balaban J connectivity index is 1.58. The van der Waals surface area contributed by atoms with Crippen LogP contribution in [0.2, 0.25) is 5.02 Å². The molecule has 2 aromatic carbocycles. The van der Waals surface area contributed by atoms with E-state index in [1.165, 1.54) is 0 Å². The Bertz CT molecular complexity index is 871. The lowest BCUT2D eigenvalue weighted by Gasteiger charge is -2.37. The molecule has 0 bridgehead atoms. The summed E-state index contributed by atoms with van der Waals surface area (Å²) in [5.41, 5.74) is 1.12. The molecule has 1 aliphatic rings. The van der Waals surface area contributed by atoms with Crippen molar-refractivity contribution in [1.29, 1.82) is 0 Å². The molecule has 0 fully saturated rings. The first-order valence-electron chi connectivity index (χ1n) is 9.06. The largest absolute Gasteiger partial charge is 0.485 e. The second-order valence-electron chi connectivity index (χ2n) is 6.78. The van der Waals surface area contributed by atoms with Crippen LogP contribution >= 0.6 is 11.6 Å². The normalized spacial score (nSPS) is 16.9. The molecule has 7 heteroatoms. The van der Waals surface area contributed by atoms with Crippen molar-refractivity contribution in [2.45, 2.75) is 17.9 Å². The van der Waals surface area contributed by atoms with E-state index in [1.54, 1.807) is 24.3 Å². The molecule has 0 aliphatic carbocycles. The lowest BCUT2D eigenvalue weighted by Crippen LogP contribution is -2.46. The summed E-state index contributed by atoms with van der Waals surface area (Å²) in [6.45, 7) is 4.94. The van der Waals surface area contributed by atoms with Gasteiger partial charge in [-0.15, -0.1) is 0 Å². The van der Waals surface area contributed by atoms with E-state index in [2.05, 4.69) is 17.9 Å². The van der Waals surface area contributed by atoms with Crippen LogP contribution in [0.3, 0.4) is 0 Å². The lowest BCUT2D eigenvalue weighted by atomic mass is 10.2. The van der Waals surface area contributed by atoms with Crippen molar-refractivity contribution >= 4 is 27.1 Å². The molecule has 1 atom stereocenters. The first-order valence-corrected chi connectivity index (χ1v) is 11.1. The SMILES string of the molecule is CCN1C[C@H](CN(C)CCS(=O)(=O)c2ccc(Cl)cc2)Oc2ccccc21. The number of rotatable bonds is 7. The van der Waals surface area contributed by atoms with Crippen LogP contribution in [0.5, 0.6) is 5.75 Å². The van der Waals surface area contributed by atoms with Gasteiger partial charge in [-0.05, 0) is 50.4 Å². The van der Waals surface area contributed by atoms with Crippen molar-refractivity contribution in [2.75, 3.05) is 43.9 Å². The van der Waals surface area contributed by atoms with E-state index >= 15 is 0 Å². The molecule has 0 saturated carbocycles. The van der Waals surface area contributed by atoms with Gasteiger partial charge in [0, 0.05) is 24.7 Å². The predicted octanol–water partition coefficient (Wildman–Crippen LogP) is 3.33. The molecule has 0 spiro atoms. The van der Waals surface area contributed by atoms with Gasteiger partial charge in [-0.3, -0.25) is 0 Å². The molecule has 146 valence electrons. The van der Waals surface area contributed by atoms with Gasteiger partial charge in [-0.25, -0.2) is 8.42 Å². The van der Waals surface area contributed by atoms with Crippen molar-refractivity contribution in [3.8, 4) is 5.75 Å². The van der Waals surface area contributed by atoms with Gasteiger partial charge in [-0.1, -0.05) is 23.7 Å². The summed E-state index contributed by atoms with van der Waals surface area (Å²) in [7, 11) is -1.40. The van der Waals surface area contributed by atoms with Crippen LogP contribution in [0.25, 0.3) is 0 Å². The van der Waals surface area contributed by atoms with Gasteiger partial charge in [0.05, 0.1) is 22.9 Å². The molecule has 3 rings (SSSR count). The van der Waals surface area contributed by atoms with Crippen LogP contribution < -0.4 is 9.64 Å². The maximum absolute atomic E-state index is 12.5. The van der Waals surface area contributed by atoms with Gasteiger partial charge in [0.2, 0.25) is 0 Å². The van der Waals surface area contributed by atoms with Crippen molar-refractivity contribution in [3.63, 3.8) is 0 Å². The summed E-state index contributed by atoms with van der Waals surface area (Å²) in [5.74, 6) is 0.948. The Morgan fingerprint density at radius 1 is 1.19 bits per heavy atom. The summed E-state index contributed by atoms with van der Waals surface area (Å²) in [6, 6.07) is 14.3. The van der Waals surface area contributed by atoms with Crippen LogP contribution in [-0.2, 0) is 9.84 Å². The molecular formula is C20H25ClN2O3S. The number of anilines is 1. The van der Waals surface area contributed by atoms with Gasteiger partial charge < -0.3 is 14.5 Å². The summed E-state index contributed by atoms with van der Waals surface area (Å²) in [4.78, 5) is 4.61. The van der Waals surface area contributed by atoms with Crippen molar-refractivity contribution < 1.29 is 13.2 Å². The monoisotopic (exact) mass is 408 g/mol. The first kappa shape index (κ1) is 20.0. The van der Waals surface area contributed by atoms with Gasteiger partial charge in [0.1, 0.15) is 11.9 Å². The quantitative estimate of drug-likeness (QED) is 0.703. The molecule has 0 aromatic heterocycles. The average molecular weight is 409 g/mol. The number of hydrogen-bond acceptors (Lipinski definition) is 5. The average Bonchev–Trinajstić information content (AvgIpc) is 2.66. The molecule has 1 aliphatic heterocycles. The molecular weight excluding hydrogens is 384 g/mol. The topological polar surface area (TPSA) is 49.9 Å². The highest BCUT2D eigenvalue weighted by atomic mass is 35.5. The second kappa shape index (κ2) is 8.50. The molecule has 0 unspecified atom stereocenters.